The van der Waals surface area contributed by atoms with Crippen LogP contribution in [-0.2, 0) is 9.53 Å². The molecule has 3 rings (SSSR count). The highest BCUT2D eigenvalue weighted by molar-refractivity contribution is 5.85. The van der Waals surface area contributed by atoms with E-state index in [-0.39, 0.29) is 12.3 Å². The van der Waals surface area contributed by atoms with Gasteiger partial charge in [-0.05, 0) is 25.1 Å². The van der Waals surface area contributed by atoms with Crippen molar-refractivity contribution >= 4 is 23.5 Å². The maximum atomic E-state index is 11.8. The molecule has 0 unspecified atom stereocenters. The lowest BCUT2D eigenvalue weighted by Gasteiger charge is -2.28. The van der Waals surface area contributed by atoms with E-state index in [1.54, 1.807) is 24.3 Å². The molecule has 152 valence electrons. The summed E-state index contributed by atoms with van der Waals surface area (Å²) in [5.41, 5.74) is 4.49. The van der Waals surface area contributed by atoms with E-state index in [0.29, 0.717) is 43.3 Å². The van der Waals surface area contributed by atoms with E-state index in [0.717, 1.165) is 5.56 Å². The van der Waals surface area contributed by atoms with Crippen molar-refractivity contribution in [1.82, 2.24) is 5.43 Å². The number of carbonyl (C=O) groups is 1. The summed E-state index contributed by atoms with van der Waals surface area (Å²) in [6.07, 6.45) is 1.36. The number of morpholine rings is 1. The monoisotopic (exact) mass is 398 g/mol. The molecule has 9 heteroatoms. The predicted octanol–water partition coefficient (Wildman–Crippen LogP) is 2.27. The molecule has 1 amide bonds. The molecule has 1 fully saturated rings. The van der Waals surface area contributed by atoms with E-state index in [9.17, 15) is 14.9 Å². The van der Waals surface area contributed by atoms with Gasteiger partial charge in [-0.2, -0.15) is 5.10 Å². The molecule has 0 spiro atoms. The third-order valence-electron chi connectivity index (χ3n) is 4.34. The number of amides is 1. The molecule has 1 N–H and O–H groups in total. The molecule has 0 saturated carbocycles. The van der Waals surface area contributed by atoms with Gasteiger partial charge in [0, 0.05) is 24.7 Å². The number of rotatable bonds is 7. The molecule has 9 nitrogen and oxygen atoms in total. The van der Waals surface area contributed by atoms with Crippen molar-refractivity contribution in [3.8, 4) is 5.75 Å². The summed E-state index contributed by atoms with van der Waals surface area (Å²) in [6.45, 7) is 4.06. The predicted molar refractivity (Wildman–Crippen MR) is 109 cm³/mol. The Bertz CT molecular complexity index is 892. The molecule has 0 radical (unpaired) electrons. The summed E-state index contributed by atoms with van der Waals surface area (Å²) < 4.78 is 10.7. The van der Waals surface area contributed by atoms with Crippen molar-refractivity contribution in [2.75, 3.05) is 37.8 Å². The van der Waals surface area contributed by atoms with Crippen molar-refractivity contribution < 1.29 is 19.2 Å². The number of nitrogens with one attached hydrogen (secondary N) is 1. The quantitative estimate of drug-likeness (QED) is 0.436. The van der Waals surface area contributed by atoms with Crippen LogP contribution in [0.3, 0.4) is 0 Å². The third-order valence-corrected chi connectivity index (χ3v) is 4.34. The minimum absolute atomic E-state index is 0.00937. The van der Waals surface area contributed by atoms with Gasteiger partial charge < -0.3 is 14.4 Å². The van der Waals surface area contributed by atoms with E-state index in [1.165, 1.54) is 12.3 Å². The second-order valence-corrected chi connectivity index (χ2v) is 6.50. The molecule has 2 aromatic carbocycles. The van der Waals surface area contributed by atoms with Crippen LogP contribution >= 0.6 is 0 Å². The Morgan fingerprint density at radius 3 is 2.69 bits per heavy atom. The molecule has 0 bridgehead atoms. The van der Waals surface area contributed by atoms with E-state index >= 15 is 0 Å². The van der Waals surface area contributed by atoms with Gasteiger partial charge in [0.05, 0.1) is 24.4 Å². The number of hydrogen-bond acceptors (Lipinski definition) is 7. The Kier molecular flexibility index (Phi) is 6.75. The largest absolute Gasteiger partial charge is 0.484 e. The Labute approximate surface area is 168 Å². The molecule has 1 heterocycles. The second-order valence-electron chi connectivity index (χ2n) is 6.50. The molecule has 0 aromatic heterocycles. The van der Waals surface area contributed by atoms with E-state index in [4.69, 9.17) is 9.47 Å². The second kappa shape index (κ2) is 9.65. The van der Waals surface area contributed by atoms with Gasteiger partial charge in [0.1, 0.15) is 11.4 Å². The first-order chi connectivity index (χ1) is 14.0. The van der Waals surface area contributed by atoms with Crippen molar-refractivity contribution in [2.24, 2.45) is 5.10 Å². The molecule has 1 aliphatic rings. The number of nitro groups is 1. The topological polar surface area (TPSA) is 106 Å². The van der Waals surface area contributed by atoms with Crippen molar-refractivity contribution in [3.05, 3.63) is 63.7 Å². The standard InChI is InChI=1S/C20H22N4O5/c1-15-2-5-17(6-3-15)29-14-20(25)22-21-13-16-4-7-18(19(12-16)24(26)27)23-8-10-28-11-9-23/h2-7,12-13H,8-11,14H2,1H3,(H,22,25)/b21-13-. The van der Waals surface area contributed by atoms with Crippen LogP contribution < -0.4 is 15.1 Å². The number of hydrazone groups is 1. The fourth-order valence-electron chi connectivity index (χ4n) is 2.83. The first-order valence-electron chi connectivity index (χ1n) is 9.15. The van der Waals surface area contributed by atoms with Gasteiger partial charge in [-0.15, -0.1) is 0 Å². The average molecular weight is 398 g/mol. The molecular weight excluding hydrogens is 376 g/mol. The zero-order valence-electron chi connectivity index (χ0n) is 16.0. The van der Waals surface area contributed by atoms with Crippen LogP contribution in [-0.4, -0.2) is 50.0 Å². The Morgan fingerprint density at radius 1 is 1.28 bits per heavy atom. The Morgan fingerprint density at radius 2 is 2.00 bits per heavy atom. The number of nitro benzene ring substituents is 1. The van der Waals surface area contributed by atoms with Gasteiger partial charge in [0.2, 0.25) is 0 Å². The van der Waals surface area contributed by atoms with Crippen LogP contribution in [0.25, 0.3) is 0 Å². The first kappa shape index (κ1) is 20.3. The fraction of sp³-hybridized carbons (Fsp3) is 0.300. The first-order valence-corrected chi connectivity index (χ1v) is 9.15. The van der Waals surface area contributed by atoms with Crippen LogP contribution in [0.4, 0.5) is 11.4 Å². The molecule has 1 aliphatic heterocycles. The normalized spacial score (nSPS) is 14.0. The van der Waals surface area contributed by atoms with Gasteiger partial charge in [0.15, 0.2) is 6.61 Å². The third kappa shape index (κ3) is 5.76. The van der Waals surface area contributed by atoms with E-state index in [2.05, 4.69) is 10.5 Å². The zero-order chi connectivity index (χ0) is 20.6. The van der Waals surface area contributed by atoms with Crippen LogP contribution in [0, 0.1) is 17.0 Å². The minimum Gasteiger partial charge on any atom is -0.484 e. The smallest absolute Gasteiger partial charge is 0.293 e. The molecular formula is C20H22N4O5. The maximum absolute atomic E-state index is 11.8. The fourth-order valence-corrected chi connectivity index (χ4v) is 2.83. The lowest BCUT2D eigenvalue weighted by atomic mass is 10.1. The highest BCUT2D eigenvalue weighted by Crippen LogP contribution is 2.29. The highest BCUT2D eigenvalue weighted by Gasteiger charge is 2.21. The molecule has 2 aromatic rings. The van der Waals surface area contributed by atoms with Crippen LogP contribution in [0.2, 0.25) is 0 Å². The highest BCUT2D eigenvalue weighted by atomic mass is 16.6. The minimum atomic E-state index is -0.429. The average Bonchev–Trinajstić information content (AvgIpc) is 2.74. The van der Waals surface area contributed by atoms with Crippen LogP contribution in [0.15, 0.2) is 47.6 Å². The number of carbonyl (C=O) groups excluding carboxylic acids is 1. The number of anilines is 1. The van der Waals surface area contributed by atoms with Crippen molar-refractivity contribution in [2.45, 2.75) is 6.92 Å². The van der Waals surface area contributed by atoms with Gasteiger partial charge in [-0.25, -0.2) is 5.43 Å². The lowest BCUT2D eigenvalue weighted by molar-refractivity contribution is -0.384. The number of nitrogens with zero attached hydrogens (tertiary/aromatic N) is 3. The van der Waals surface area contributed by atoms with E-state index < -0.39 is 10.8 Å². The zero-order valence-corrected chi connectivity index (χ0v) is 16.0. The summed E-state index contributed by atoms with van der Waals surface area (Å²) in [5.74, 6) is 0.158. The number of aryl methyl sites for hydroxylation is 1. The van der Waals surface area contributed by atoms with Crippen LogP contribution in [0.1, 0.15) is 11.1 Å². The summed E-state index contributed by atoms with van der Waals surface area (Å²) in [5, 5.41) is 15.3. The summed E-state index contributed by atoms with van der Waals surface area (Å²) in [4.78, 5) is 24.8. The molecule has 29 heavy (non-hydrogen) atoms. The van der Waals surface area contributed by atoms with Gasteiger partial charge in [0.25, 0.3) is 11.6 Å². The van der Waals surface area contributed by atoms with Crippen LogP contribution in [0.5, 0.6) is 5.75 Å². The Balaban J connectivity index is 1.58. The molecule has 0 atom stereocenters. The van der Waals surface area contributed by atoms with Gasteiger partial charge in [-0.3, -0.25) is 14.9 Å². The SMILES string of the molecule is Cc1ccc(OCC(=O)N/N=C\c2ccc(N3CCOCC3)c([N+](=O)[O-])c2)cc1. The van der Waals surface area contributed by atoms with Crippen molar-refractivity contribution in [1.29, 1.82) is 0 Å². The number of hydrogen-bond donors (Lipinski definition) is 1. The lowest BCUT2D eigenvalue weighted by Crippen LogP contribution is -2.36. The van der Waals surface area contributed by atoms with Gasteiger partial charge in [-0.1, -0.05) is 23.8 Å². The summed E-state index contributed by atoms with van der Waals surface area (Å²) >= 11 is 0. The molecule has 1 saturated heterocycles. The Hall–Kier alpha value is -3.46. The molecule has 0 aliphatic carbocycles. The maximum Gasteiger partial charge on any atom is 0.293 e. The number of ether oxygens (including phenoxy) is 2. The van der Waals surface area contributed by atoms with E-state index in [1.807, 2.05) is 24.0 Å². The summed E-state index contributed by atoms with van der Waals surface area (Å²) in [6, 6.07) is 12.2. The van der Waals surface area contributed by atoms with Crippen molar-refractivity contribution in [3.63, 3.8) is 0 Å². The van der Waals surface area contributed by atoms with Gasteiger partial charge >= 0.3 is 0 Å². The summed E-state index contributed by atoms with van der Waals surface area (Å²) in [7, 11) is 0. The number of benzene rings is 2.